The van der Waals surface area contributed by atoms with E-state index < -0.39 is 5.54 Å². The summed E-state index contributed by atoms with van der Waals surface area (Å²) >= 11 is 0. The number of hydrogen-bond acceptors (Lipinski definition) is 3. The van der Waals surface area contributed by atoms with Gasteiger partial charge in [0.25, 0.3) is 0 Å². The van der Waals surface area contributed by atoms with Gasteiger partial charge in [-0.15, -0.1) is 0 Å². The van der Waals surface area contributed by atoms with E-state index in [1.54, 1.807) is 11.9 Å². The van der Waals surface area contributed by atoms with Gasteiger partial charge in [-0.3, -0.25) is 4.79 Å². The molecule has 4 nitrogen and oxygen atoms in total. The third-order valence-corrected chi connectivity index (χ3v) is 3.01. The van der Waals surface area contributed by atoms with Gasteiger partial charge in [0.2, 0.25) is 5.91 Å². The van der Waals surface area contributed by atoms with Crippen molar-refractivity contribution in [2.75, 3.05) is 18.6 Å². The summed E-state index contributed by atoms with van der Waals surface area (Å²) in [5, 5.41) is 0. The van der Waals surface area contributed by atoms with Crippen molar-refractivity contribution in [2.24, 2.45) is 5.73 Å². The number of rotatable bonds is 1. The molecule has 0 unspecified atom stereocenters. The number of hydrogen-bond donors (Lipinski definition) is 1. The maximum absolute atomic E-state index is 11.8. The summed E-state index contributed by atoms with van der Waals surface area (Å²) in [6, 6.07) is 5.76. The average Bonchev–Trinajstić information content (AvgIpc) is 2.39. The molecule has 0 aromatic heterocycles. The Morgan fingerprint density at radius 3 is 2.76 bits per heavy atom. The van der Waals surface area contributed by atoms with Crippen LogP contribution in [0.15, 0.2) is 18.2 Å². The summed E-state index contributed by atoms with van der Waals surface area (Å²) in [6.45, 7) is 4.31. The average molecular weight is 234 g/mol. The fourth-order valence-corrected chi connectivity index (χ4v) is 1.85. The van der Waals surface area contributed by atoms with E-state index in [0.717, 1.165) is 17.0 Å². The molecule has 4 heteroatoms. The number of anilines is 1. The lowest BCUT2D eigenvalue weighted by atomic mass is 9.95. The number of fused-ring (bicyclic) bond motifs is 1. The lowest BCUT2D eigenvalue weighted by Crippen LogP contribution is -2.30. The van der Waals surface area contributed by atoms with Crippen molar-refractivity contribution in [1.82, 2.24) is 0 Å². The van der Waals surface area contributed by atoms with E-state index in [0.29, 0.717) is 13.0 Å². The molecule has 0 saturated carbocycles. The highest BCUT2D eigenvalue weighted by Crippen LogP contribution is 2.33. The van der Waals surface area contributed by atoms with E-state index in [4.69, 9.17) is 10.5 Å². The first kappa shape index (κ1) is 11.9. The van der Waals surface area contributed by atoms with Gasteiger partial charge in [-0.2, -0.15) is 0 Å². The molecule has 1 aliphatic rings. The third-order valence-electron chi connectivity index (χ3n) is 3.01. The Morgan fingerprint density at radius 1 is 1.41 bits per heavy atom. The summed E-state index contributed by atoms with van der Waals surface area (Å²) in [6.07, 6.45) is 0.409. The van der Waals surface area contributed by atoms with Gasteiger partial charge in [-0.25, -0.2) is 0 Å². The molecule has 0 fully saturated rings. The summed E-state index contributed by atoms with van der Waals surface area (Å²) in [5.74, 6) is 0.807. The van der Waals surface area contributed by atoms with E-state index in [9.17, 15) is 4.79 Å². The number of carbonyl (C=O) groups is 1. The van der Waals surface area contributed by atoms with Crippen LogP contribution >= 0.6 is 0 Å². The van der Waals surface area contributed by atoms with Crippen LogP contribution in [0, 0.1) is 0 Å². The lowest BCUT2D eigenvalue weighted by molar-refractivity contribution is -0.118. The van der Waals surface area contributed by atoms with Crippen LogP contribution in [0.3, 0.4) is 0 Å². The molecular weight excluding hydrogens is 216 g/mol. The molecule has 1 aromatic rings. The van der Waals surface area contributed by atoms with Gasteiger partial charge < -0.3 is 15.4 Å². The molecule has 0 saturated heterocycles. The highest BCUT2D eigenvalue weighted by Gasteiger charge is 2.23. The maximum Gasteiger partial charge on any atom is 0.230 e. The highest BCUT2D eigenvalue weighted by atomic mass is 16.5. The second-order valence-electron chi connectivity index (χ2n) is 4.96. The Hall–Kier alpha value is -1.55. The first-order valence-electron chi connectivity index (χ1n) is 5.72. The van der Waals surface area contributed by atoms with Gasteiger partial charge in [0.05, 0.1) is 18.7 Å². The van der Waals surface area contributed by atoms with Crippen LogP contribution in [-0.2, 0) is 10.3 Å². The number of ether oxygens (including phenoxy) is 1. The molecule has 17 heavy (non-hydrogen) atoms. The summed E-state index contributed by atoms with van der Waals surface area (Å²) in [5.41, 5.74) is 7.42. The topological polar surface area (TPSA) is 55.6 Å². The second kappa shape index (κ2) is 4.04. The minimum Gasteiger partial charge on any atom is -0.491 e. The van der Waals surface area contributed by atoms with E-state index >= 15 is 0 Å². The van der Waals surface area contributed by atoms with Gasteiger partial charge in [-0.1, -0.05) is 6.07 Å². The van der Waals surface area contributed by atoms with Gasteiger partial charge in [-0.05, 0) is 31.5 Å². The first-order chi connectivity index (χ1) is 7.89. The standard InChI is InChI=1S/C13H18N2O2/c1-13(2,14)9-4-5-11-10(8-9)15(3)12(16)6-7-17-11/h4-5,8H,6-7,14H2,1-3H3. The minimum absolute atomic E-state index is 0.0655. The van der Waals surface area contributed by atoms with Crippen LogP contribution in [0.1, 0.15) is 25.8 Å². The largest absolute Gasteiger partial charge is 0.491 e. The SMILES string of the molecule is CN1C(=O)CCOc2ccc(C(C)(C)N)cc21. The van der Waals surface area contributed by atoms with Crippen molar-refractivity contribution in [1.29, 1.82) is 0 Å². The predicted molar refractivity (Wildman–Crippen MR) is 67.2 cm³/mol. The molecular formula is C13H18N2O2. The molecule has 0 spiro atoms. The number of carbonyl (C=O) groups excluding carboxylic acids is 1. The van der Waals surface area contributed by atoms with Crippen molar-refractivity contribution < 1.29 is 9.53 Å². The van der Waals surface area contributed by atoms with Crippen molar-refractivity contribution in [3.8, 4) is 5.75 Å². The Morgan fingerprint density at radius 2 is 2.12 bits per heavy atom. The fourth-order valence-electron chi connectivity index (χ4n) is 1.85. The zero-order valence-electron chi connectivity index (χ0n) is 10.5. The van der Waals surface area contributed by atoms with Gasteiger partial charge in [0, 0.05) is 12.6 Å². The van der Waals surface area contributed by atoms with Crippen LogP contribution < -0.4 is 15.4 Å². The zero-order chi connectivity index (χ0) is 12.6. The number of nitrogens with zero attached hydrogens (tertiary/aromatic N) is 1. The molecule has 2 N–H and O–H groups in total. The van der Waals surface area contributed by atoms with E-state index in [2.05, 4.69) is 0 Å². The van der Waals surface area contributed by atoms with Crippen molar-refractivity contribution in [3.63, 3.8) is 0 Å². The number of benzene rings is 1. The molecule has 2 rings (SSSR count). The maximum atomic E-state index is 11.8. The van der Waals surface area contributed by atoms with Crippen LogP contribution in [0.5, 0.6) is 5.75 Å². The number of nitrogens with two attached hydrogens (primary N) is 1. The van der Waals surface area contributed by atoms with Crippen LogP contribution in [0.2, 0.25) is 0 Å². The van der Waals surface area contributed by atoms with Gasteiger partial charge in [0.1, 0.15) is 5.75 Å². The lowest BCUT2D eigenvalue weighted by Gasteiger charge is -2.23. The van der Waals surface area contributed by atoms with Crippen molar-refractivity contribution in [3.05, 3.63) is 23.8 Å². The van der Waals surface area contributed by atoms with Gasteiger partial charge >= 0.3 is 0 Å². The van der Waals surface area contributed by atoms with E-state index in [1.165, 1.54) is 0 Å². The quantitative estimate of drug-likeness (QED) is 0.803. The van der Waals surface area contributed by atoms with Crippen LogP contribution in [0.4, 0.5) is 5.69 Å². The summed E-state index contributed by atoms with van der Waals surface area (Å²) < 4.78 is 5.55. The molecule has 0 atom stereocenters. The summed E-state index contributed by atoms with van der Waals surface area (Å²) in [4.78, 5) is 13.4. The monoisotopic (exact) mass is 234 g/mol. The van der Waals surface area contributed by atoms with Crippen molar-refractivity contribution in [2.45, 2.75) is 25.8 Å². The molecule has 1 aliphatic heterocycles. The molecule has 92 valence electrons. The van der Waals surface area contributed by atoms with Gasteiger partial charge in [0.15, 0.2) is 0 Å². The second-order valence-corrected chi connectivity index (χ2v) is 4.96. The smallest absolute Gasteiger partial charge is 0.230 e. The number of amides is 1. The van der Waals surface area contributed by atoms with Crippen LogP contribution in [-0.4, -0.2) is 19.6 Å². The molecule has 0 radical (unpaired) electrons. The van der Waals surface area contributed by atoms with Crippen molar-refractivity contribution >= 4 is 11.6 Å². The zero-order valence-corrected chi connectivity index (χ0v) is 10.5. The molecule has 1 heterocycles. The molecule has 1 amide bonds. The molecule has 0 bridgehead atoms. The fraction of sp³-hybridized carbons (Fsp3) is 0.462. The molecule has 0 aliphatic carbocycles. The molecule has 1 aromatic carbocycles. The summed E-state index contributed by atoms with van der Waals surface area (Å²) in [7, 11) is 1.77. The van der Waals surface area contributed by atoms with E-state index in [-0.39, 0.29) is 5.91 Å². The first-order valence-corrected chi connectivity index (χ1v) is 5.72. The highest BCUT2D eigenvalue weighted by molar-refractivity contribution is 5.95. The Labute approximate surface area is 101 Å². The Bertz CT molecular complexity index is 449. The predicted octanol–water partition coefficient (Wildman–Crippen LogP) is 1.63. The minimum atomic E-state index is -0.425. The normalized spacial score (nSPS) is 16.2. The van der Waals surface area contributed by atoms with Crippen LogP contribution in [0.25, 0.3) is 0 Å². The Balaban J connectivity index is 2.49. The third kappa shape index (κ3) is 2.26. The van der Waals surface area contributed by atoms with E-state index in [1.807, 2.05) is 32.0 Å². The Kier molecular flexibility index (Phi) is 2.83.